The third kappa shape index (κ3) is 3.61. The van der Waals surface area contributed by atoms with Gasteiger partial charge in [0.05, 0.1) is 12.2 Å². The van der Waals surface area contributed by atoms with Gasteiger partial charge in [-0.25, -0.2) is 4.79 Å². The molecule has 0 aliphatic carbocycles. The molecule has 1 fully saturated rings. The smallest absolute Gasteiger partial charge is 0.330 e. The number of carbonyl (C=O) groups excluding carboxylic acids is 1. The molecule has 126 valence electrons. The van der Waals surface area contributed by atoms with Gasteiger partial charge in [0.2, 0.25) is 0 Å². The predicted octanol–water partition coefficient (Wildman–Crippen LogP) is -0.916. The summed E-state index contributed by atoms with van der Waals surface area (Å²) in [5, 5.41) is 19.3. The van der Waals surface area contributed by atoms with E-state index in [0.29, 0.717) is 0 Å². The molecule has 0 saturated carbocycles. The quantitative estimate of drug-likeness (QED) is 0.566. The fourth-order valence-electron chi connectivity index (χ4n) is 2.29. The van der Waals surface area contributed by atoms with Gasteiger partial charge in [-0.1, -0.05) is 15.9 Å². The standard InChI is InChI=1S/C13H15BrN2O7/c1-6(18)22-10-9(19)8(5-17)23-12(10)16-4-7(2-3-14)11(20)15-13(16)21/h2-4,8-10,12,17,19H,5H2,1H3,(H,15,20,21)/b3-2+/t8-,9-,10+,12-/m1/s1. The number of ether oxygens (including phenoxy) is 2. The summed E-state index contributed by atoms with van der Waals surface area (Å²) in [5.74, 6) is -0.681. The number of aliphatic hydroxyl groups is 2. The van der Waals surface area contributed by atoms with Crippen LogP contribution in [0, 0.1) is 0 Å². The third-order valence-corrected chi connectivity index (χ3v) is 3.57. The number of aromatic amines is 1. The molecule has 1 aromatic rings. The van der Waals surface area contributed by atoms with Crippen LogP contribution in [-0.4, -0.2) is 50.7 Å². The SMILES string of the molecule is CC(=O)O[C@H]1[C@H](O)[C@@H](CO)O[C@H]1n1cc(/C=C/Br)c(=O)[nH]c1=O. The molecule has 0 bridgehead atoms. The lowest BCUT2D eigenvalue weighted by atomic mass is 10.1. The predicted molar refractivity (Wildman–Crippen MR) is 81.8 cm³/mol. The van der Waals surface area contributed by atoms with Crippen molar-refractivity contribution >= 4 is 28.0 Å². The summed E-state index contributed by atoms with van der Waals surface area (Å²) >= 11 is 3.03. The van der Waals surface area contributed by atoms with Crippen molar-refractivity contribution in [3.8, 4) is 0 Å². The van der Waals surface area contributed by atoms with Crippen molar-refractivity contribution in [2.45, 2.75) is 31.5 Å². The summed E-state index contributed by atoms with van der Waals surface area (Å²) in [4.78, 5) is 38.5. The minimum atomic E-state index is -1.32. The van der Waals surface area contributed by atoms with Crippen molar-refractivity contribution in [3.05, 3.63) is 37.6 Å². The average molecular weight is 391 g/mol. The zero-order valence-electron chi connectivity index (χ0n) is 12.0. The Morgan fingerprint density at radius 1 is 1.57 bits per heavy atom. The minimum Gasteiger partial charge on any atom is -0.455 e. The topological polar surface area (TPSA) is 131 Å². The van der Waals surface area contributed by atoms with E-state index in [2.05, 4.69) is 20.9 Å². The summed E-state index contributed by atoms with van der Waals surface area (Å²) in [6.07, 6.45) is -2.11. The molecule has 1 aliphatic rings. The van der Waals surface area contributed by atoms with E-state index in [4.69, 9.17) is 9.47 Å². The maximum atomic E-state index is 12.0. The maximum Gasteiger partial charge on any atom is 0.330 e. The van der Waals surface area contributed by atoms with Crippen LogP contribution < -0.4 is 11.2 Å². The summed E-state index contributed by atoms with van der Waals surface area (Å²) in [7, 11) is 0. The van der Waals surface area contributed by atoms with Crippen LogP contribution in [0.15, 0.2) is 20.8 Å². The zero-order valence-corrected chi connectivity index (χ0v) is 13.6. The maximum absolute atomic E-state index is 12.0. The minimum absolute atomic E-state index is 0.147. The van der Waals surface area contributed by atoms with E-state index in [0.717, 1.165) is 11.5 Å². The normalized spacial score (nSPS) is 27.5. The van der Waals surface area contributed by atoms with Gasteiger partial charge in [-0.15, -0.1) is 0 Å². The number of hydrogen-bond acceptors (Lipinski definition) is 7. The summed E-state index contributed by atoms with van der Waals surface area (Å²) in [6.45, 7) is 0.617. The number of aliphatic hydroxyl groups excluding tert-OH is 2. The second-order valence-corrected chi connectivity index (χ2v) is 5.38. The van der Waals surface area contributed by atoms with Crippen molar-refractivity contribution < 1.29 is 24.5 Å². The van der Waals surface area contributed by atoms with Gasteiger partial charge in [-0.05, 0) is 11.1 Å². The second-order valence-electron chi connectivity index (χ2n) is 4.86. The van der Waals surface area contributed by atoms with Crippen LogP contribution in [0.25, 0.3) is 6.08 Å². The van der Waals surface area contributed by atoms with Crippen LogP contribution in [0.5, 0.6) is 0 Å². The second kappa shape index (κ2) is 7.21. The third-order valence-electron chi connectivity index (χ3n) is 3.31. The van der Waals surface area contributed by atoms with Crippen LogP contribution in [0.2, 0.25) is 0 Å². The monoisotopic (exact) mass is 390 g/mol. The van der Waals surface area contributed by atoms with Gasteiger partial charge < -0.3 is 19.7 Å². The molecule has 2 heterocycles. The highest BCUT2D eigenvalue weighted by Crippen LogP contribution is 2.30. The van der Waals surface area contributed by atoms with Crippen LogP contribution in [0.1, 0.15) is 18.7 Å². The van der Waals surface area contributed by atoms with Crippen molar-refractivity contribution in [1.29, 1.82) is 0 Å². The van der Waals surface area contributed by atoms with E-state index >= 15 is 0 Å². The Bertz CT molecular complexity index is 726. The molecule has 0 unspecified atom stereocenters. The van der Waals surface area contributed by atoms with Crippen LogP contribution in [0.3, 0.4) is 0 Å². The number of esters is 1. The first-order valence-corrected chi connectivity index (χ1v) is 7.54. The van der Waals surface area contributed by atoms with E-state index in [1.807, 2.05) is 0 Å². The van der Waals surface area contributed by atoms with Gasteiger partial charge in [0.1, 0.15) is 12.2 Å². The van der Waals surface area contributed by atoms with E-state index in [9.17, 15) is 24.6 Å². The van der Waals surface area contributed by atoms with Crippen molar-refractivity contribution in [1.82, 2.24) is 9.55 Å². The molecular formula is C13H15BrN2O7. The molecule has 3 N–H and O–H groups in total. The average Bonchev–Trinajstić information content (AvgIpc) is 2.78. The number of nitrogens with one attached hydrogen (secondary N) is 1. The molecule has 0 aromatic carbocycles. The van der Waals surface area contributed by atoms with E-state index in [1.54, 1.807) is 0 Å². The Hall–Kier alpha value is -1.75. The van der Waals surface area contributed by atoms with E-state index < -0.39 is 48.4 Å². The highest BCUT2D eigenvalue weighted by molar-refractivity contribution is 9.11. The Balaban J connectivity index is 2.49. The first kappa shape index (κ1) is 17.6. The number of nitrogens with zero attached hydrogens (tertiary/aromatic N) is 1. The molecule has 1 aliphatic heterocycles. The number of hydrogen-bond donors (Lipinski definition) is 3. The molecule has 10 heteroatoms. The fraction of sp³-hybridized carbons (Fsp3) is 0.462. The molecule has 0 amide bonds. The largest absolute Gasteiger partial charge is 0.455 e. The van der Waals surface area contributed by atoms with E-state index in [1.165, 1.54) is 17.3 Å². The number of carbonyl (C=O) groups is 1. The van der Waals surface area contributed by atoms with Crippen LogP contribution in [-0.2, 0) is 14.3 Å². The van der Waals surface area contributed by atoms with Gasteiger partial charge in [-0.2, -0.15) is 0 Å². The van der Waals surface area contributed by atoms with Crippen LogP contribution >= 0.6 is 15.9 Å². The van der Waals surface area contributed by atoms with Crippen molar-refractivity contribution in [2.24, 2.45) is 0 Å². The van der Waals surface area contributed by atoms with Crippen LogP contribution in [0.4, 0.5) is 0 Å². The Morgan fingerprint density at radius 3 is 2.83 bits per heavy atom. The molecule has 9 nitrogen and oxygen atoms in total. The van der Waals surface area contributed by atoms with Crippen molar-refractivity contribution in [3.63, 3.8) is 0 Å². The highest BCUT2D eigenvalue weighted by atomic mass is 79.9. The molecule has 0 radical (unpaired) electrons. The summed E-state index contributed by atoms with van der Waals surface area (Å²) in [6, 6.07) is 0. The molecule has 4 atom stereocenters. The number of halogens is 1. The lowest BCUT2D eigenvalue weighted by Crippen LogP contribution is -2.40. The Labute approximate surface area is 138 Å². The molecular weight excluding hydrogens is 376 g/mol. The molecule has 0 spiro atoms. The fourth-order valence-corrected chi connectivity index (χ4v) is 2.57. The van der Waals surface area contributed by atoms with Gasteiger partial charge >= 0.3 is 11.7 Å². The first-order valence-electron chi connectivity index (χ1n) is 6.63. The van der Waals surface area contributed by atoms with Gasteiger partial charge in [0.15, 0.2) is 12.3 Å². The Kier molecular flexibility index (Phi) is 5.52. The van der Waals surface area contributed by atoms with Gasteiger partial charge in [0, 0.05) is 13.1 Å². The lowest BCUT2D eigenvalue weighted by Gasteiger charge is -2.21. The summed E-state index contributed by atoms with van der Waals surface area (Å²) < 4.78 is 11.4. The Morgan fingerprint density at radius 2 is 2.26 bits per heavy atom. The lowest BCUT2D eigenvalue weighted by molar-refractivity contribution is -0.156. The highest BCUT2D eigenvalue weighted by Gasteiger charge is 2.47. The zero-order chi connectivity index (χ0) is 17.1. The number of aromatic nitrogens is 2. The van der Waals surface area contributed by atoms with Gasteiger partial charge in [-0.3, -0.25) is 19.1 Å². The molecule has 1 saturated heterocycles. The molecule has 1 aromatic heterocycles. The van der Waals surface area contributed by atoms with Gasteiger partial charge in [0.25, 0.3) is 5.56 Å². The first-order chi connectivity index (χ1) is 10.9. The summed E-state index contributed by atoms with van der Waals surface area (Å²) in [5.41, 5.74) is -1.26. The van der Waals surface area contributed by atoms with E-state index in [-0.39, 0.29) is 5.56 Å². The number of H-pyrrole nitrogens is 1. The molecule has 2 rings (SSSR count). The van der Waals surface area contributed by atoms with Crippen molar-refractivity contribution in [2.75, 3.05) is 6.61 Å². The number of rotatable bonds is 4. The molecule has 23 heavy (non-hydrogen) atoms.